The zero-order chi connectivity index (χ0) is 25.8. The maximum atomic E-state index is 14.1. The molecule has 8 heteroatoms. The number of amides is 1. The molecular formula is C29H22N3O3PS. The molecule has 5 rings (SSSR count). The number of non-ortho nitro benzene ring substituents is 1. The van der Waals surface area contributed by atoms with E-state index in [4.69, 9.17) is 4.99 Å². The number of carbonyl (C=O) groups excluding carboxylic acids is 1. The van der Waals surface area contributed by atoms with Crippen LogP contribution in [-0.2, 0) is 4.79 Å². The highest BCUT2D eigenvalue weighted by atomic mass is 32.2. The Morgan fingerprint density at radius 2 is 1.16 bits per heavy atom. The number of carbonyl (C=O) groups is 1. The number of nitro groups is 1. The van der Waals surface area contributed by atoms with E-state index in [9.17, 15) is 14.9 Å². The first kappa shape index (κ1) is 24.6. The van der Waals surface area contributed by atoms with Crippen LogP contribution >= 0.6 is 18.6 Å². The molecule has 0 aromatic heterocycles. The standard InChI is InChI=1S/C29H22N3O3PS/c1-37-29-26(28(33)30-27(31-29)21-17-19-22(20-18-21)32(34)35)36(23-11-5-2-6-12-23,24-13-7-3-8-14-24)25-15-9-4-10-16-25/h2-20H,1H3. The fourth-order valence-electron chi connectivity index (χ4n) is 4.49. The predicted molar refractivity (Wildman–Crippen MR) is 156 cm³/mol. The second kappa shape index (κ2) is 10.5. The van der Waals surface area contributed by atoms with E-state index in [1.165, 1.54) is 23.9 Å². The van der Waals surface area contributed by atoms with Gasteiger partial charge in [0, 0.05) is 17.7 Å². The van der Waals surface area contributed by atoms with Gasteiger partial charge in [0.2, 0.25) is 0 Å². The van der Waals surface area contributed by atoms with E-state index < -0.39 is 11.8 Å². The number of hydrogen-bond acceptors (Lipinski definition) is 5. The van der Waals surface area contributed by atoms with Crippen LogP contribution in [0, 0.1) is 10.1 Å². The lowest BCUT2D eigenvalue weighted by Gasteiger charge is -2.32. The largest absolute Gasteiger partial charge is 0.282 e. The van der Waals surface area contributed by atoms with Gasteiger partial charge < -0.3 is 0 Å². The van der Waals surface area contributed by atoms with Crippen LogP contribution in [0.1, 0.15) is 5.56 Å². The Balaban J connectivity index is 1.85. The molecule has 0 radical (unpaired) electrons. The molecule has 37 heavy (non-hydrogen) atoms. The highest BCUT2D eigenvalue weighted by Crippen LogP contribution is 2.48. The lowest BCUT2D eigenvalue weighted by molar-refractivity contribution is -0.384. The van der Waals surface area contributed by atoms with Crippen LogP contribution in [0.25, 0.3) is 0 Å². The highest BCUT2D eigenvalue weighted by Gasteiger charge is 2.37. The van der Waals surface area contributed by atoms with Gasteiger partial charge in [-0.3, -0.25) is 14.9 Å². The summed E-state index contributed by atoms with van der Waals surface area (Å²) < 4.78 is 0. The average molecular weight is 524 g/mol. The molecule has 1 heterocycles. The van der Waals surface area contributed by atoms with Crippen LogP contribution in [0.3, 0.4) is 0 Å². The molecule has 6 nitrogen and oxygen atoms in total. The summed E-state index contributed by atoms with van der Waals surface area (Å²) in [5.41, 5.74) is 0.516. The Morgan fingerprint density at radius 3 is 1.57 bits per heavy atom. The van der Waals surface area contributed by atoms with Crippen molar-refractivity contribution in [1.29, 1.82) is 0 Å². The fraction of sp³-hybridized carbons (Fsp3) is 0.0345. The number of nitro benzene ring substituents is 1. The lowest BCUT2D eigenvalue weighted by atomic mass is 10.2. The van der Waals surface area contributed by atoms with Gasteiger partial charge in [-0.05, 0) is 41.2 Å². The minimum absolute atomic E-state index is 0.0324. The van der Waals surface area contributed by atoms with E-state index in [1.807, 2.05) is 60.9 Å². The molecule has 0 saturated carbocycles. The first-order valence-corrected chi connectivity index (χ1v) is 14.5. The Kier molecular flexibility index (Phi) is 6.99. The van der Waals surface area contributed by atoms with Crippen molar-refractivity contribution in [3.63, 3.8) is 0 Å². The molecule has 0 fully saturated rings. The number of benzene rings is 4. The molecule has 1 aliphatic rings. The van der Waals surface area contributed by atoms with E-state index in [-0.39, 0.29) is 17.4 Å². The van der Waals surface area contributed by atoms with Crippen LogP contribution in [0.4, 0.5) is 5.69 Å². The van der Waals surface area contributed by atoms with Crippen molar-refractivity contribution in [2.24, 2.45) is 9.98 Å². The van der Waals surface area contributed by atoms with Crippen LogP contribution in [-0.4, -0.2) is 33.3 Å². The molecule has 182 valence electrons. The van der Waals surface area contributed by atoms with Crippen molar-refractivity contribution in [2.45, 2.75) is 0 Å². The summed E-state index contributed by atoms with van der Waals surface area (Å²) in [5, 5.41) is 15.4. The number of aliphatic imine (C=N–C) groups is 2. The Morgan fingerprint density at radius 1 is 0.703 bits per heavy atom. The summed E-state index contributed by atoms with van der Waals surface area (Å²) >= 11 is 1.41. The van der Waals surface area contributed by atoms with Crippen molar-refractivity contribution < 1.29 is 9.72 Å². The normalized spacial score (nSPS) is 13.6. The molecule has 1 amide bonds. The smallest absolute Gasteiger partial charge is 0.267 e. The Hall–Kier alpha value is -4.06. The van der Waals surface area contributed by atoms with E-state index in [0.29, 0.717) is 15.9 Å². The van der Waals surface area contributed by atoms with E-state index in [1.54, 1.807) is 12.1 Å². The third kappa shape index (κ3) is 4.48. The van der Waals surface area contributed by atoms with Crippen molar-refractivity contribution in [3.8, 4) is 0 Å². The van der Waals surface area contributed by atoms with Gasteiger partial charge in [0.15, 0.2) is 5.84 Å². The molecule has 1 aliphatic heterocycles. The summed E-state index contributed by atoms with van der Waals surface area (Å²) in [7, 11) is 0. The topological polar surface area (TPSA) is 84.9 Å². The minimum Gasteiger partial charge on any atom is -0.267 e. The van der Waals surface area contributed by atoms with Gasteiger partial charge in [-0.25, -0.2) is 4.99 Å². The monoisotopic (exact) mass is 523 g/mol. The van der Waals surface area contributed by atoms with Crippen molar-refractivity contribution >= 4 is 62.3 Å². The molecule has 4 aromatic carbocycles. The number of rotatable bonds is 5. The summed E-state index contributed by atoms with van der Waals surface area (Å²) in [6, 6.07) is 36.2. The molecule has 0 saturated heterocycles. The second-order valence-corrected chi connectivity index (χ2v) is 12.3. The van der Waals surface area contributed by atoms with E-state index >= 15 is 0 Å². The van der Waals surface area contributed by atoms with Crippen molar-refractivity contribution in [1.82, 2.24) is 0 Å². The van der Waals surface area contributed by atoms with Gasteiger partial charge in [-0.2, -0.15) is 4.99 Å². The van der Waals surface area contributed by atoms with Gasteiger partial charge in [0.1, 0.15) is 5.04 Å². The molecule has 0 bridgehead atoms. The maximum absolute atomic E-state index is 14.1. The third-order valence-corrected chi connectivity index (χ3v) is 11.2. The average Bonchev–Trinajstić information content (AvgIpc) is 2.96. The molecule has 4 aromatic rings. The molecule has 0 unspecified atom stereocenters. The van der Waals surface area contributed by atoms with Gasteiger partial charge in [-0.15, -0.1) is 11.8 Å². The highest BCUT2D eigenvalue weighted by molar-refractivity contribution is 8.18. The SMILES string of the molecule is CSC1=NC(c2ccc([N+](=O)[O-])cc2)=NC(=O)C1=P(c1ccccc1)(c1ccccc1)c1ccccc1. The Labute approximate surface area is 218 Å². The molecule has 0 atom stereocenters. The van der Waals surface area contributed by atoms with Crippen LogP contribution in [0.5, 0.6) is 0 Å². The third-order valence-electron chi connectivity index (χ3n) is 6.12. The number of hydrogen-bond donors (Lipinski definition) is 0. The first-order chi connectivity index (χ1) is 18.1. The van der Waals surface area contributed by atoms with Crippen molar-refractivity contribution in [2.75, 3.05) is 6.26 Å². The summed E-state index contributed by atoms with van der Waals surface area (Å²) in [6.45, 7) is -2.68. The Bertz CT molecular complexity index is 1480. The predicted octanol–water partition coefficient (Wildman–Crippen LogP) is 4.81. The fourth-order valence-corrected chi connectivity index (χ4v) is 9.84. The van der Waals surface area contributed by atoms with E-state index in [2.05, 4.69) is 41.4 Å². The maximum Gasteiger partial charge on any atom is 0.282 e. The van der Waals surface area contributed by atoms with Gasteiger partial charge in [0.25, 0.3) is 11.6 Å². The van der Waals surface area contributed by atoms with Gasteiger partial charge >= 0.3 is 0 Å². The quantitative estimate of drug-likeness (QED) is 0.214. The number of thioether (sulfide) groups is 1. The number of nitrogens with zero attached hydrogens (tertiary/aromatic N) is 3. The lowest BCUT2D eigenvalue weighted by Crippen LogP contribution is -2.38. The minimum atomic E-state index is -2.68. The van der Waals surface area contributed by atoms with Gasteiger partial charge in [-0.1, -0.05) is 91.0 Å². The first-order valence-electron chi connectivity index (χ1n) is 11.5. The van der Waals surface area contributed by atoms with Crippen molar-refractivity contribution in [3.05, 3.63) is 131 Å². The van der Waals surface area contributed by atoms with E-state index in [0.717, 1.165) is 15.9 Å². The zero-order valence-corrected chi connectivity index (χ0v) is 21.6. The van der Waals surface area contributed by atoms with Crippen LogP contribution < -0.4 is 15.9 Å². The summed E-state index contributed by atoms with van der Waals surface area (Å²) in [4.78, 5) is 34.0. The van der Waals surface area contributed by atoms with Crippen LogP contribution in [0.15, 0.2) is 125 Å². The van der Waals surface area contributed by atoms with Gasteiger partial charge in [0.05, 0.1) is 10.2 Å². The zero-order valence-electron chi connectivity index (χ0n) is 19.9. The molecule has 0 spiro atoms. The number of amidine groups is 1. The molecule has 0 N–H and O–H groups in total. The molecular weight excluding hydrogens is 501 g/mol. The second-order valence-electron chi connectivity index (χ2n) is 8.19. The summed E-state index contributed by atoms with van der Waals surface area (Å²) in [5.74, 6) is -0.0992. The van der Waals surface area contributed by atoms with Crippen LogP contribution in [0.2, 0.25) is 0 Å². The summed E-state index contributed by atoms with van der Waals surface area (Å²) in [6.07, 6.45) is 1.90. The molecule has 0 aliphatic carbocycles.